The first-order valence-electron chi connectivity index (χ1n) is 3.88. The van der Waals surface area contributed by atoms with Crippen molar-refractivity contribution >= 4 is 16.6 Å². The van der Waals surface area contributed by atoms with Crippen LogP contribution in [0.1, 0.15) is 5.56 Å². The zero-order valence-electron chi connectivity index (χ0n) is 6.91. The molecule has 2 aromatic rings. The molecule has 2 rings (SSSR count). The van der Waals surface area contributed by atoms with Crippen LogP contribution in [0.2, 0.25) is 0 Å². The number of fused-ring (bicyclic) bond motifs is 1. The molecule has 60 valence electrons. The highest BCUT2D eigenvalue weighted by atomic mass is 14.7. The highest BCUT2D eigenvalue weighted by Crippen LogP contribution is 2.17. The van der Waals surface area contributed by atoms with E-state index in [1.807, 2.05) is 18.2 Å². The molecule has 0 unspecified atom stereocenters. The third-order valence-electron chi connectivity index (χ3n) is 1.96. The van der Waals surface area contributed by atoms with Crippen LogP contribution in [0.4, 0.5) is 5.69 Å². The minimum Gasteiger partial charge on any atom is -0.397 e. The first-order valence-corrected chi connectivity index (χ1v) is 3.88. The Bertz CT molecular complexity index is 421. The summed E-state index contributed by atoms with van der Waals surface area (Å²) in [4.78, 5) is 4.22. The molecule has 1 aromatic carbocycles. The number of hydrogen-bond donors (Lipinski definition) is 1. The van der Waals surface area contributed by atoms with Crippen LogP contribution in [0.5, 0.6) is 0 Å². The third-order valence-corrected chi connectivity index (χ3v) is 1.96. The molecule has 12 heavy (non-hydrogen) atoms. The van der Waals surface area contributed by atoms with Gasteiger partial charge in [-0.15, -0.1) is 0 Å². The zero-order chi connectivity index (χ0) is 8.55. The lowest BCUT2D eigenvalue weighted by Gasteiger charge is -2.00. The van der Waals surface area contributed by atoms with Crippen LogP contribution in [-0.4, -0.2) is 4.98 Å². The van der Waals surface area contributed by atoms with Crippen molar-refractivity contribution in [2.24, 2.45) is 0 Å². The van der Waals surface area contributed by atoms with Gasteiger partial charge in [-0.05, 0) is 24.6 Å². The standard InChI is InChI=1S/C10H10N2/c1-7-3-2-4-10-9(7)5-8(11)6-12-10/h2-6H,11H2,1H3. The van der Waals surface area contributed by atoms with E-state index in [9.17, 15) is 0 Å². The molecule has 0 aliphatic rings. The fourth-order valence-electron chi connectivity index (χ4n) is 1.31. The smallest absolute Gasteiger partial charge is 0.0706 e. The van der Waals surface area contributed by atoms with Gasteiger partial charge in [0, 0.05) is 5.39 Å². The Morgan fingerprint density at radius 2 is 2.17 bits per heavy atom. The van der Waals surface area contributed by atoms with Crippen LogP contribution in [0.3, 0.4) is 0 Å². The molecule has 0 radical (unpaired) electrons. The number of pyridine rings is 1. The van der Waals surface area contributed by atoms with Gasteiger partial charge in [-0.1, -0.05) is 12.1 Å². The summed E-state index contributed by atoms with van der Waals surface area (Å²) < 4.78 is 0. The van der Waals surface area contributed by atoms with Gasteiger partial charge in [0.1, 0.15) is 0 Å². The van der Waals surface area contributed by atoms with E-state index in [0.717, 1.165) is 16.6 Å². The fraction of sp³-hybridized carbons (Fsp3) is 0.100. The van der Waals surface area contributed by atoms with Gasteiger partial charge in [-0.2, -0.15) is 0 Å². The van der Waals surface area contributed by atoms with Crippen molar-refractivity contribution < 1.29 is 0 Å². The van der Waals surface area contributed by atoms with E-state index in [1.54, 1.807) is 6.20 Å². The molecule has 0 saturated heterocycles. The van der Waals surface area contributed by atoms with Crippen LogP contribution in [-0.2, 0) is 0 Å². The first-order chi connectivity index (χ1) is 5.77. The molecule has 2 nitrogen and oxygen atoms in total. The summed E-state index contributed by atoms with van der Waals surface area (Å²) in [5, 5.41) is 1.14. The second-order valence-electron chi connectivity index (χ2n) is 2.91. The van der Waals surface area contributed by atoms with Gasteiger partial charge in [0.25, 0.3) is 0 Å². The number of nitrogens with two attached hydrogens (primary N) is 1. The number of aryl methyl sites for hydroxylation is 1. The molecule has 0 bridgehead atoms. The van der Waals surface area contributed by atoms with Gasteiger partial charge < -0.3 is 5.73 Å². The molecule has 0 amide bonds. The molecular formula is C10H10N2. The number of nitrogens with zero attached hydrogens (tertiary/aromatic N) is 1. The molecule has 0 spiro atoms. The molecule has 1 aromatic heterocycles. The van der Waals surface area contributed by atoms with Crippen LogP contribution in [0.25, 0.3) is 10.9 Å². The van der Waals surface area contributed by atoms with Crippen molar-refractivity contribution in [1.82, 2.24) is 4.98 Å². The first kappa shape index (κ1) is 7.10. The Morgan fingerprint density at radius 3 is 3.00 bits per heavy atom. The van der Waals surface area contributed by atoms with Gasteiger partial charge in [0.05, 0.1) is 17.4 Å². The van der Waals surface area contributed by atoms with Crippen molar-refractivity contribution in [2.45, 2.75) is 6.92 Å². The molecule has 1 heterocycles. The summed E-state index contributed by atoms with van der Waals surface area (Å²) in [6, 6.07) is 8.00. The number of anilines is 1. The van der Waals surface area contributed by atoms with E-state index in [4.69, 9.17) is 5.73 Å². The summed E-state index contributed by atoms with van der Waals surface area (Å²) in [7, 11) is 0. The highest BCUT2D eigenvalue weighted by molar-refractivity contribution is 5.84. The molecule has 2 heteroatoms. The SMILES string of the molecule is Cc1cccc2ncc(N)cc12. The largest absolute Gasteiger partial charge is 0.397 e. The van der Waals surface area contributed by atoms with Crippen LogP contribution < -0.4 is 5.73 Å². The monoisotopic (exact) mass is 158 g/mol. The fourth-order valence-corrected chi connectivity index (χ4v) is 1.31. The number of aromatic nitrogens is 1. The minimum atomic E-state index is 0.719. The van der Waals surface area contributed by atoms with Crippen molar-refractivity contribution in [3.05, 3.63) is 36.0 Å². The Kier molecular flexibility index (Phi) is 1.47. The van der Waals surface area contributed by atoms with E-state index < -0.39 is 0 Å². The molecule has 0 fully saturated rings. The lowest BCUT2D eigenvalue weighted by Crippen LogP contribution is -1.88. The van der Waals surface area contributed by atoms with Gasteiger partial charge in [-0.25, -0.2) is 0 Å². The van der Waals surface area contributed by atoms with Crippen LogP contribution in [0.15, 0.2) is 30.5 Å². The normalized spacial score (nSPS) is 10.4. The number of hydrogen-bond acceptors (Lipinski definition) is 2. The average Bonchev–Trinajstić information content (AvgIpc) is 2.07. The highest BCUT2D eigenvalue weighted by Gasteiger charge is 1.96. The quantitative estimate of drug-likeness (QED) is 0.637. The predicted octanol–water partition coefficient (Wildman–Crippen LogP) is 2.13. The molecular weight excluding hydrogens is 148 g/mol. The molecule has 0 saturated carbocycles. The van der Waals surface area contributed by atoms with E-state index in [-0.39, 0.29) is 0 Å². The Balaban J connectivity index is 2.88. The number of benzene rings is 1. The molecule has 0 atom stereocenters. The summed E-state index contributed by atoms with van der Waals surface area (Å²) in [6.45, 7) is 2.06. The lowest BCUT2D eigenvalue weighted by molar-refractivity contribution is 1.39. The summed E-state index contributed by atoms with van der Waals surface area (Å²) in [5.74, 6) is 0. The van der Waals surface area contributed by atoms with Crippen LogP contribution >= 0.6 is 0 Å². The lowest BCUT2D eigenvalue weighted by atomic mass is 10.1. The molecule has 0 aliphatic heterocycles. The summed E-state index contributed by atoms with van der Waals surface area (Å²) >= 11 is 0. The Labute approximate surface area is 71.0 Å². The number of rotatable bonds is 0. The maximum Gasteiger partial charge on any atom is 0.0706 e. The van der Waals surface area contributed by atoms with E-state index in [2.05, 4.69) is 18.0 Å². The maximum absolute atomic E-state index is 5.63. The second kappa shape index (κ2) is 2.48. The zero-order valence-corrected chi connectivity index (χ0v) is 6.91. The topological polar surface area (TPSA) is 38.9 Å². The van der Waals surface area contributed by atoms with Gasteiger partial charge in [0.2, 0.25) is 0 Å². The average molecular weight is 158 g/mol. The van der Waals surface area contributed by atoms with Gasteiger partial charge in [0.15, 0.2) is 0 Å². The van der Waals surface area contributed by atoms with E-state index in [0.29, 0.717) is 0 Å². The Hall–Kier alpha value is -1.57. The Morgan fingerprint density at radius 1 is 1.33 bits per heavy atom. The predicted molar refractivity (Wildman–Crippen MR) is 50.9 cm³/mol. The second-order valence-corrected chi connectivity index (χ2v) is 2.91. The molecule has 0 aliphatic carbocycles. The van der Waals surface area contributed by atoms with Crippen molar-refractivity contribution in [1.29, 1.82) is 0 Å². The molecule has 2 N–H and O–H groups in total. The van der Waals surface area contributed by atoms with E-state index >= 15 is 0 Å². The number of nitrogen functional groups attached to an aromatic ring is 1. The van der Waals surface area contributed by atoms with Crippen LogP contribution in [0, 0.1) is 6.92 Å². The summed E-state index contributed by atoms with van der Waals surface area (Å²) in [5.41, 5.74) is 8.57. The minimum absolute atomic E-state index is 0.719. The third kappa shape index (κ3) is 1.01. The van der Waals surface area contributed by atoms with Gasteiger partial charge in [-0.3, -0.25) is 4.98 Å². The van der Waals surface area contributed by atoms with Crippen molar-refractivity contribution in [3.8, 4) is 0 Å². The maximum atomic E-state index is 5.63. The van der Waals surface area contributed by atoms with Crippen molar-refractivity contribution in [2.75, 3.05) is 5.73 Å². The summed E-state index contributed by atoms with van der Waals surface area (Å²) in [6.07, 6.45) is 1.68. The van der Waals surface area contributed by atoms with E-state index in [1.165, 1.54) is 5.56 Å². The van der Waals surface area contributed by atoms with Crippen molar-refractivity contribution in [3.63, 3.8) is 0 Å². The van der Waals surface area contributed by atoms with Gasteiger partial charge >= 0.3 is 0 Å².